The van der Waals surface area contributed by atoms with Gasteiger partial charge in [-0.3, -0.25) is 0 Å². The topological polar surface area (TPSA) is 20.2 Å². The standard InChI is InChI=1S/C18H22F4O/c1-16(2,3)11-8-12(17(6-7-17)9-18(20,21)22)15(23)14(19)13(11)10-4-5-10/h8,10,23H,4-7,9H2,1-3H3. The molecule has 1 N–H and O–H groups in total. The van der Waals surface area contributed by atoms with Crippen LogP contribution in [-0.2, 0) is 10.8 Å². The fraction of sp³-hybridized carbons (Fsp3) is 0.667. The largest absolute Gasteiger partial charge is 0.505 e. The molecule has 128 valence electrons. The van der Waals surface area contributed by atoms with E-state index in [4.69, 9.17) is 0 Å². The van der Waals surface area contributed by atoms with Gasteiger partial charge >= 0.3 is 6.18 Å². The summed E-state index contributed by atoms with van der Waals surface area (Å²) < 4.78 is 53.5. The van der Waals surface area contributed by atoms with Crippen LogP contribution in [0, 0.1) is 5.82 Å². The van der Waals surface area contributed by atoms with Crippen molar-refractivity contribution in [3.8, 4) is 5.75 Å². The molecule has 1 aromatic rings. The molecule has 5 heteroatoms. The van der Waals surface area contributed by atoms with Crippen LogP contribution in [0.2, 0.25) is 0 Å². The second-order valence-electron chi connectivity index (χ2n) is 8.14. The van der Waals surface area contributed by atoms with E-state index in [0.717, 1.165) is 18.4 Å². The van der Waals surface area contributed by atoms with E-state index >= 15 is 0 Å². The van der Waals surface area contributed by atoms with E-state index < -0.39 is 29.6 Å². The van der Waals surface area contributed by atoms with Crippen molar-refractivity contribution in [2.24, 2.45) is 0 Å². The SMILES string of the molecule is CC(C)(C)c1cc(C2(CC(F)(F)F)CC2)c(O)c(F)c1C1CC1. The van der Waals surface area contributed by atoms with E-state index in [0.29, 0.717) is 18.4 Å². The van der Waals surface area contributed by atoms with E-state index in [1.54, 1.807) is 6.07 Å². The lowest BCUT2D eigenvalue weighted by atomic mass is 9.78. The average molecular weight is 330 g/mol. The molecule has 1 aromatic carbocycles. The number of phenolic OH excluding ortho intramolecular Hbond substituents is 1. The first-order chi connectivity index (χ1) is 10.4. The number of alkyl halides is 3. The molecule has 0 radical (unpaired) electrons. The van der Waals surface area contributed by atoms with Gasteiger partial charge < -0.3 is 5.11 Å². The van der Waals surface area contributed by atoms with Crippen LogP contribution in [-0.4, -0.2) is 11.3 Å². The molecule has 2 aliphatic rings. The van der Waals surface area contributed by atoms with Crippen molar-refractivity contribution in [1.29, 1.82) is 0 Å². The lowest BCUT2D eigenvalue weighted by Gasteiger charge is -2.28. The van der Waals surface area contributed by atoms with Crippen LogP contribution < -0.4 is 0 Å². The van der Waals surface area contributed by atoms with E-state index in [1.807, 2.05) is 20.8 Å². The Morgan fingerprint density at radius 3 is 2.13 bits per heavy atom. The van der Waals surface area contributed by atoms with E-state index in [9.17, 15) is 22.7 Å². The first-order valence-electron chi connectivity index (χ1n) is 8.08. The van der Waals surface area contributed by atoms with Gasteiger partial charge in [-0.25, -0.2) is 4.39 Å². The number of aromatic hydroxyl groups is 1. The number of halogens is 4. The molecule has 0 spiro atoms. The van der Waals surface area contributed by atoms with Gasteiger partial charge in [-0.2, -0.15) is 13.2 Å². The molecule has 2 saturated carbocycles. The fourth-order valence-electron chi connectivity index (χ4n) is 3.53. The van der Waals surface area contributed by atoms with E-state index in [1.165, 1.54) is 0 Å². The fourth-order valence-corrected chi connectivity index (χ4v) is 3.53. The van der Waals surface area contributed by atoms with Gasteiger partial charge in [0.05, 0.1) is 6.42 Å². The molecule has 2 aliphatic carbocycles. The van der Waals surface area contributed by atoms with E-state index in [-0.39, 0.29) is 16.9 Å². The van der Waals surface area contributed by atoms with Crippen LogP contribution in [0.3, 0.4) is 0 Å². The molecule has 0 aliphatic heterocycles. The molecule has 0 saturated heterocycles. The van der Waals surface area contributed by atoms with Crippen LogP contribution in [0.25, 0.3) is 0 Å². The predicted molar refractivity (Wildman–Crippen MR) is 80.3 cm³/mol. The highest BCUT2D eigenvalue weighted by Gasteiger charge is 2.54. The van der Waals surface area contributed by atoms with Gasteiger partial charge in [-0.05, 0) is 48.1 Å². The van der Waals surface area contributed by atoms with Crippen molar-refractivity contribution < 1.29 is 22.7 Å². The summed E-state index contributed by atoms with van der Waals surface area (Å²) in [6.07, 6.45) is -2.91. The molecule has 0 amide bonds. The van der Waals surface area contributed by atoms with Gasteiger partial charge in [0, 0.05) is 11.0 Å². The van der Waals surface area contributed by atoms with Gasteiger partial charge in [-0.15, -0.1) is 0 Å². The molecule has 1 nitrogen and oxygen atoms in total. The van der Waals surface area contributed by atoms with Gasteiger partial charge in [0.15, 0.2) is 11.6 Å². The molecule has 0 atom stereocenters. The Morgan fingerprint density at radius 2 is 1.74 bits per heavy atom. The summed E-state index contributed by atoms with van der Waals surface area (Å²) in [5.74, 6) is -1.19. The Kier molecular flexibility index (Phi) is 3.51. The Labute approximate surface area is 133 Å². The minimum Gasteiger partial charge on any atom is -0.505 e. The highest BCUT2D eigenvalue weighted by Crippen LogP contribution is 2.59. The lowest BCUT2D eigenvalue weighted by Crippen LogP contribution is -2.22. The summed E-state index contributed by atoms with van der Waals surface area (Å²) in [5.41, 5.74) is -0.150. The average Bonchev–Trinajstić information content (AvgIpc) is 3.23. The summed E-state index contributed by atoms with van der Waals surface area (Å²) in [7, 11) is 0. The first-order valence-corrected chi connectivity index (χ1v) is 8.08. The second kappa shape index (κ2) is 4.87. The van der Waals surface area contributed by atoms with Gasteiger partial charge in [0.1, 0.15) is 0 Å². The van der Waals surface area contributed by atoms with Crippen molar-refractivity contribution in [2.45, 2.75) is 75.8 Å². The normalized spacial score (nSPS) is 20.7. The predicted octanol–water partition coefficient (Wildman–Crippen LogP) is 5.69. The number of hydrogen-bond donors (Lipinski definition) is 1. The Hall–Kier alpha value is -1.26. The smallest absolute Gasteiger partial charge is 0.389 e. The quantitative estimate of drug-likeness (QED) is 0.706. The van der Waals surface area contributed by atoms with Crippen molar-refractivity contribution >= 4 is 0 Å². The molecule has 23 heavy (non-hydrogen) atoms. The zero-order chi connectivity index (χ0) is 17.2. The third-order valence-electron chi connectivity index (χ3n) is 5.04. The van der Waals surface area contributed by atoms with Crippen molar-refractivity contribution in [1.82, 2.24) is 0 Å². The maximum absolute atomic E-state index is 14.8. The van der Waals surface area contributed by atoms with Crippen molar-refractivity contribution in [3.63, 3.8) is 0 Å². The summed E-state index contributed by atoms with van der Waals surface area (Å²) in [4.78, 5) is 0. The maximum atomic E-state index is 14.8. The minimum atomic E-state index is -4.32. The summed E-state index contributed by atoms with van der Waals surface area (Å²) in [5, 5.41) is 10.3. The molecule has 2 fully saturated rings. The highest BCUT2D eigenvalue weighted by atomic mass is 19.4. The Bertz CT molecular complexity index is 632. The minimum absolute atomic E-state index is 0.0851. The summed E-state index contributed by atoms with van der Waals surface area (Å²) >= 11 is 0. The number of phenols is 1. The Morgan fingerprint density at radius 1 is 1.17 bits per heavy atom. The van der Waals surface area contributed by atoms with Crippen molar-refractivity contribution in [2.75, 3.05) is 0 Å². The third-order valence-corrected chi connectivity index (χ3v) is 5.04. The van der Waals surface area contributed by atoms with Crippen LogP contribution in [0.15, 0.2) is 6.07 Å². The summed E-state index contributed by atoms with van der Waals surface area (Å²) in [6, 6.07) is 1.64. The number of benzene rings is 1. The van der Waals surface area contributed by atoms with Gasteiger partial charge in [0.2, 0.25) is 0 Å². The molecular weight excluding hydrogens is 308 g/mol. The van der Waals surface area contributed by atoms with Crippen LogP contribution in [0.1, 0.15) is 75.5 Å². The van der Waals surface area contributed by atoms with Gasteiger partial charge in [0.25, 0.3) is 0 Å². The molecule has 0 aromatic heterocycles. The van der Waals surface area contributed by atoms with Crippen LogP contribution in [0.5, 0.6) is 5.75 Å². The molecule has 3 rings (SSSR count). The van der Waals surface area contributed by atoms with Crippen LogP contribution >= 0.6 is 0 Å². The summed E-state index contributed by atoms with van der Waals surface area (Å²) in [6.45, 7) is 5.79. The first kappa shape index (κ1) is 16.6. The second-order valence-corrected chi connectivity index (χ2v) is 8.14. The number of hydrogen-bond acceptors (Lipinski definition) is 1. The zero-order valence-electron chi connectivity index (χ0n) is 13.6. The van der Waals surface area contributed by atoms with Crippen molar-refractivity contribution in [3.05, 3.63) is 28.6 Å². The lowest BCUT2D eigenvalue weighted by molar-refractivity contribution is -0.141. The Balaban J connectivity index is 2.14. The highest BCUT2D eigenvalue weighted by molar-refractivity contribution is 5.53. The molecule has 0 heterocycles. The third kappa shape index (κ3) is 3.07. The van der Waals surface area contributed by atoms with Gasteiger partial charge in [-0.1, -0.05) is 26.8 Å². The maximum Gasteiger partial charge on any atom is 0.389 e. The zero-order valence-corrected chi connectivity index (χ0v) is 13.6. The van der Waals surface area contributed by atoms with E-state index in [2.05, 4.69) is 0 Å². The molecular formula is C18H22F4O. The number of rotatable bonds is 3. The molecule has 0 unspecified atom stereocenters. The van der Waals surface area contributed by atoms with Crippen LogP contribution in [0.4, 0.5) is 17.6 Å². The monoisotopic (exact) mass is 330 g/mol. The molecule has 0 bridgehead atoms.